The van der Waals surface area contributed by atoms with E-state index in [0.717, 1.165) is 58.6 Å². The monoisotopic (exact) mass is 464 g/mol. The summed E-state index contributed by atoms with van der Waals surface area (Å²) in [5.41, 5.74) is 5.11. The molecule has 0 amide bonds. The van der Waals surface area contributed by atoms with Crippen molar-refractivity contribution in [2.24, 2.45) is 0 Å². The van der Waals surface area contributed by atoms with Crippen LogP contribution in [0.2, 0.25) is 0 Å². The van der Waals surface area contributed by atoms with Crippen molar-refractivity contribution < 1.29 is 18.7 Å². The number of H-pyrrole nitrogens is 1. The molecule has 0 bridgehead atoms. The van der Waals surface area contributed by atoms with Gasteiger partial charge >= 0.3 is 5.97 Å². The van der Waals surface area contributed by atoms with Crippen LogP contribution in [0.15, 0.2) is 48.6 Å². The second kappa shape index (κ2) is 9.55. The highest BCUT2D eigenvalue weighted by molar-refractivity contribution is 5.86. The van der Waals surface area contributed by atoms with Crippen molar-refractivity contribution in [2.45, 2.75) is 52.1 Å². The minimum atomic E-state index is -1.18. The maximum Gasteiger partial charge on any atom is 0.328 e. The van der Waals surface area contributed by atoms with Crippen molar-refractivity contribution >= 4 is 22.9 Å². The summed E-state index contributed by atoms with van der Waals surface area (Å²) in [4.78, 5) is 16.5. The largest absolute Gasteiger partial charge is 0.478 e. The lowest BCUT2D eigenvalue weighted by atomic mass is 9.86. The quantitative estimate of drug-likeness (QED) is 0.308. The molecule has 178 valence electrons. The summed E-state index contributed by atoms with van der Waals surface area (Å²) in [7, 11) is 0. The second-order valence-corrected chi connectivity index (χ2v) is 9.08. The van der Waals surface area contributed by atoms with Crippen LogP contribution in [-0.2, 0) is 11.2 Å². The van der Waals surface area contributed by atoms with E-state index in [0.29, 0.717) is 6.54 Å². The van der Waals surface area contributed by atoms with Crippen molar-refractivity contribution in [1.29, 1.82) is 0 Å². The molecule has 1 aliphatic heterocycles. The number of hydrogen-bond acceptors (Lipinski definition) is 2. The van der Waals surface area contributed by atoms with Crippen molar-refractivity contribution in [3.05, 3.63) is 88.1 Å². The molecule has 1 aromatic heterocycles. The van der Waals surface area contributed by atoms with E-state index in [1.807, 2.05) is 13.8 Å². The van der Waals surface area contributed by atoms with Gasteiger partial charge in [0.1, 0.15) is 11.6 Å². The molecule has 4 nitrogen and oxygen atoms in total. The highest BCUT2D eigenvalue weighted by Crippen LogP contribution is 2.43. The van der Waals surface area contributed by atoms with Gasteiger partial charge in [-0.1, -0.05) is 38.1 Å². The van der Waals surface area contributed by atoms with Crippen LogP contribution in [0, 0.1) is 18.6 Å². The molecule has 3 aromatic rings. The van der Waals surface area contributed by atoms with Gasteiger partial charge in [0.05, 0.1) is 6.04 Å². The number of nitrogens with zero attached hydrogens (tertiary/aromatic N) is 1. The molecule has 34 heavy (non-hydrogen) atoms. The van der Waals surface area contributed by atoms with Crippen LogP contribution in [-0.4, -0.2) is 33.5 Å². The molecule has 4 rings (SSSR count). The Hall–Kier alpha value is -3.25. The molecule has 2 aromatic carbocycles. The van der Waals surface area contributed by atoms with E-state index in [1.165, 1.54) is 18.2 Å². The highest BCUT2D eigenvalue weighted by atomic mass is 19.1. The predicted octanol–water partition coefficient (Wildman–Crippen LogP) is 6.54. The van der Waals surface area contributed by atoms with E-state index >= 15 is 8.78 Å². The molecule has 0 saturated heterocycles. The van der Waals surface area contributed by atoms with Gasteiger partial charge in [-0.25, -0.2) is 13.6 Å². The zero-order valence-corrected chi connectivity index (χ0v) is 19.8. The Kier molecular flexibility index (Phi) is 6.71. The topological polar surface area (TPSA) is 56.3 Å². The molecular weight excluding hydrogens is 434 g/mol. The Bertz CT molecular complexity index is 1270. The first kappa shape index (κ1) is 23.9. The molecule has 1 aliphatic rings. The van der Waals surface area contributed by atoms with Gasteiger partial charge < -0.3 is 10.1 Å². The van der Waals surface area contributed by atoms with Gasteiger partial charge in [0.25, 0.3) is 0 Å². The van der Waals surface area contributed by atoms with Crippen LogP contribution in [0.1, 0.15) is 60.7 Å². The summed E-state index contributed by atoms with van der Waals surface area (Å²) in [5.74, 6) is -2.57. The van der Waals surface area contributed by atoms with Crippen molar-refractivity contribution in [3.8, 4) is 0 Å². The molecule has 0 radical (unpaired) electrons. The number of benzene rings is 2. The number of halogens is 2. The summed E-state index contributed by atoms with van der Waals surface area (Å²) in [6.07, 6.45) is 4.46. The van der Waals surface area contributed by atoms with E-state index in [9.17, 15) is 4.79 Å². The second-order valence-electron chi connectivity index (χ2n) is 9.08. The first-order valence-electron chi connectivity index (χ1n) is 11.7. The van der Waals surface area contributed by atoms with Gasteiger partial charge in [0.15, 0.2) is 0 Å². The lowest BCUT2D eigenvalue weighted by Crippen LogP contribution is -2.45. The summed E-state index contributed by atoms with van der Waals surface area (Å²) in [5, 5.41) is 9.96. The molecule has 0 spiro atoms. The molecule has 0 aliphatic carbocycles. The van der Waals surface area contributed by atoms with Gasteiger partial charge in [0, 0.05) is 40.8 Å². The molecule has 0 fully saturated rings. The third-order valence-electron chi connectivity index (χ3n) is 6.78. The fraction of sp³-hybridized carbons (Fsp3) is 0.321. The number of rotatable bonds is 7. The van der Waals surface area contributed by atoms with Crippen molar-refractivity contribution in [2.75, 3.05) is 6.54 Å². The normalized spacial score (nSPS) is 18.5. The zero-order chi connectivity index (χ0) is 24.6. The average molecular weight is 465 g/mol. The van der Waals surface area contributed by atoms with Gasteiger partial charge in [-0.2, -0.15) is 0 Å². The van der Waals surface area contributed by atoms with E-state index in [1.54, 1.807) is 0 Å². The maximum absolute atomic E-state index is 15.6. The number of carbonyl (C=O) groups is 1. The molecule has 0 saturated carbocycles. The summed E-state index contributed by atoms with van der Waals surface area (Å²) < 4.78 is 31.1. The van der Waals surface area contributed by atoms with Gasteiger partial charge in [0.2, 0.25) is 0 Å². The SMILES string of the molecule is C=C(CC)CN1C(CC)Cc2c([nH]c3cc(C)ccc23)C1c1c(F)cc(/C=C/C(=O)O)cc1F. The molecule has 2 N–H and O–H groups in total. The van der Waals surface area contributed by atoms with E-state index < -0.39 is 23.6 Å². The van der Waals surface area contributed by atoms with Crippen LogP contribution in [0.4, 0.5) is 8.78 Å². The maximum atomic E-state index is 15.6. The molecule has 2 unspecified atom stereocenters. The average Bonchev–Trinajstić information content (AvgIpc) is 3.14. The lowest BCUT2D eigenvalue weighted by Gasteiger charge is -2.42. The number of aliphatic carboxylic acids is 1. The van der Waals surface area contributed by atoms with Crippen molar-refractivity contribution in [1.82, 2.24) is 9.88 Å². The number of fused-ring (bicyclic) bond motifs is 3. The van der Waals surface area contributed by atoms with Crippen LogP contribution < -0.4 is 0 Å². The molecule has 6 heteroatoms. The first-order chi connectivity index (χ1) is 16.2. The highest BCUT2D eigenvalue weighted by Gasteiger charge is 2.39. The number of aromatic nitrogens is 1. The third kappa shape index (κ3) is 4.42. The van der Waals surface area contributed by atoms with Crippen LogP contribution in [0.3, 0.4) is 0 Å². The minimum Gasteiger partial charge on any atom is -0.478 e. The Balaban J connectivity index is 1.94. The fourth-order valence-corrected chi connectivity index (χ4v) is 4.98. The van der Waals surface area contributed by atoms with Crippen molar-refractivity contribution in [3.63, 3.8) is 0 Å². The lowest BCUT2D eigenvalue weighted by molar-refractivity contribution is -0.131. The summed E-state index contributed by atoms with van der Waals surface area (Å²) in [6, 6.07) is 8.04. The summed E-state index contributed by atoms with van der Waals surface area (Å²) >= 11 is 0. The van der Waals surface area contributed by atoms with Gasteiger partial charge in [-0.3, -0.25) is 4.90 Å². The molecule has 2 heterocycles. The Labute approximate surface area is 198 Å². The Morgan fingerprint density at radius 1 is 1.24 bits per heavy atom. The number of carboxylic acids is 1. The number of hydrogen-bond donors (Lipinski definition) is 2. The van der Waals surface area contributed by atoms with E-state index in [-0.39, 0.29) is 17.2 Å². The zero-order valence-electron chi connectivity index (χ0n) is 19.8. The standard InChI is InChI=1S/C28H30F2N2O2/c1-5-16(3)15-32-19(6-2)14-21-20-9-7-17(4)11-24(20)31-27(21)28(32)26-22(29)12-18(13-23(26)30)8-10-25(33)34/h7-13,19,28,31H,3,5-6,14-15H2,1-2,4H3,(H,33,34)/b10-8+. The molecule has 2 atom stereocenters. The van der Waals surface area contributed by atoms with Gasteiger partial charge in [-0.05, 0) is 67.2 Å². The van der Waals surface area contributed by atoms with E-state index in [4.69, 9.17) is 5.11 Å². The molecular formula is C28H30F2N2O2. The van der Waals surface area contributed by atoms with Gasteiger partial charge in [-0.15, -0.1) is 0 Å². The number of nitrogens with one attached hydrogen (secondary N) is 1. The Morgan fingerprint density at radius 3 is 2.56 bits per heavy atom. The summed E-state index contributed by atoms with van der Waals surface area (Å²) in [6.45, 7) is 10.9. The van der Waals surface area contributed by atoms with Crippen LogP contribution in [0.5, 0.6) is 0 Å². The minimum absolute atomic E-state index is 0.0287. The Morgan fingerprint density at radius 2 is 1.94 bits per heavy atom. The van der Waals surface area contributed by atoms with E-state index in [2.05, 4.69) is 41.6 Å². The number of aryl methyl sites for hydroxylation is 1. The number of carboxylic acid groups (broad SMARTS) is 1. The van der Waals surface area contributed by atoms with Crippen LogP contribution >= 0.6 is 0 Å². The smallest absolute Gasteiger partial charge is 0.328 e. The number of aromatic amines is 1. The fourth-order valence-electron chi connectivity index (χ4n) is 4.98. The first-order valence-corrected chi connectivity index (χ1v) is 11.7. The van der Waals surface area contributed by atoms with Crippen LogP contribution in [0.25, 0.3) is 17.0 Å². The third-order valence-corrected chi connectivity index (χ3v) is 6.78. The predicted molar refractivity (Wildman–Crippen MR) is 132 cm³/mol.